The lowest BCUT2D eigenvalue weighted by atomic mass is 10.1. The Kier molecular flexibility index (Phi) is 5.32. The lowest BCUT2D eigenvalue weighted by molar-refractivity contribution is 0.101. The van der Waals surface area contributed by atoms with Gasteiger partial charge in [-0.2, -0.15) is 0 Å². The fourth-order valence-electron chi connectivity index (χ4n) is 4.28. The van der Waals surface area contributed by atoms with Crippen molar-refractivity contribution in [1.29, 1.82) is 0 Å². The Labute approximate surface area is 195 Å². The van der Waals surface area contributed by atoms with E-state index < -0.39 is 27.8 Å². The molecule has 5 rings (SSSR count). The van der Waals surface area contributed by atoms with Crippen LogP contribution in [0.5, 0.6) is 5.75 Å². The molecule has 2 aromatic heterocycles. The maximum atomic E-state index is 13.6. The maximum Gasteiger partial charge on any atom is 0.318 e. The summed E-state index contributed by atoms with van der Waals surface area (Å²) in [5.74, 6) is -0.798. The van der Waals surface area contributed by atoms with Gasteiger partial charge >= 0.3 is 6.01 Å². The zero-order valence-electron chi connectivity index (χ0n) is 18.7. The molecule has 0 radical (unpaired) electrons. The van der Waals surface area contributed by atoms with Crippen LogP contribution >= 0.6 is 0 Å². The Morgan fingerprint density at radius 3 is 2.76 bits per heavy atom. The summed E-state index contributed by atoms with van der Waals surface area (Å²) in [6, 6.07) is 4.06. The summed E-state index contributed by atoms with van der Waals surface area (Å²) in [7, 11) is -2.43. The zero-order chi connectivity index (χ0) is 24.2. The lowest BCUT2D eigenvalue weighted by Crippen LogP contribution is -2.43. The lowest BCUT2D eigenvalue weighted by Gasteiger charge is -2.23. The third-order valence-corrected chi connectivity index (χ3v) is 7.48. The van der Waals surface area contributed by atoms with Crippen molar-refractivity contribution in [2.75, 3.05) is 29.9 Å². The Morgan fingerprint density at radius 2 is 2.06 bits per heavy atom. The van der Waals surface area contributed by atoms with Gasteiger partial charge in [0.05, 0.1) is 6.61 Å². The predicted octanol–water partition coefficient (Wildman–Crippen LogP) is 1.59. The number of carbonyl (C=O) groups excluding carboxylic acids is 1. The Balaban J connectivity index is 1.43. The first-order valence-electron chi connectivity index (χ1n) is 10.6. The molecule has 2 N–H and O–H groups in total. The average Bonchev–Trinajstić information content (AvgIpc) is 3.45. The minimum absolute atomic E-state index is 0.0307. The normalized spacial score (nSPS) is 21.2. The van der Waals surface area contributed by atoms with E-state index in [1.807, 2.05) is 4.90 Å². The standard InChI is InChI=1S/C21H23FN6O5S/c1-11-6-14(4-5-15(11)22)23-20(29)18-19-17(9-27(18)3)34(30,31)26-16-8-28(7-13(16)10-32-19)21-25-24-12(2)33-21/h4-6,9,13,16,26H,7-8,10H2,1-3H3,(H,23,29). The van der Waals surface area contributed by atoms with Crippen LogP contribution in [-0.4, -0.2) is 54.8 Å². The molecule has 13 heteroatoms. The smallest absolute Gasteiger partial charge is 0.318 e. The highest BCUT2D eigenvalue weighted by atomic mass is 32.2. The molecular weight excluding hydrogens is 467 g/mol. The summed E-state index contributed by atoms with van der Waals surface area (Å²) >= 11 is 0. The van der Waals surface area contributed by atoms with E-state index >= 15 is 0 Å². The minimum atomic E-state index is -4.00. The molecular formula is C21H23FN6O5S. The molecule has 0 spiro atoms. The number of halogens is 1. The third kappa shape index (κ3) is 3.90. The van der Waals surface area contributed by atoms with Crippen molar-refractivity contribution in [1.82, 2.24) is 19.5 Å². The number of anilines is 2. The van der Waals surface area contributed by atoms with Crippen LogP contribution in [0.3, 0.4) is 0 Å². The van der Waals surface area contributed by atoms with E-state index in [1.54, 1.807) is 20.9 Å². The van der Waals surface area contributed by atoms with E-state index in [1.165, 1.54) is 29.0 Å². The van der Waals surface area contributed by atoms with Gasteiger partial charge in [-0.05, 0) is 30.7 Å². The van der Waals surface area contributed by atoms with E-state index in [2.05, 4.69) is 20.2 Å². The maximum absolute atomic E-state index is 13.6. The van der Waals surface area contributed by atoms with Crippen LogP contribution in [0.25, 0.3) is 0 Å². The number of hydrogen-bond donors (Lipinski definition) is 2. The van der Waals surface area contributed by atoms with Gasteiger partial charge in [-0.15, -0.1) is 5.10 Å². The van der Waals surface area contributed by atoms with Gasteiger partial charge in [-0.25, -0.2) is 17.5 Å². The molecule has 1 amide bonds. The molecule has 34 heavy (non-hydrogen) atoms. The highest BCUT2D eigenvalue weighted by molar-refractivity contribution is 7.89. The number of benzene rings is 1. The first-order valence-corrected chi connectivity index (χ1v) is 12.1. The minimum Gasteiger partial charge on any atom is -0.489 e. The molecule has 0 bridgehead atoms. The number of nitrogens with one attached hydrogen (secondary N) is 2. The summed E-state index contributed by atoms with van der Waals surface area (Å²) < 4.78 is 55.6. The second-order valence-electron chi connectivity index (χ2n) is 8.51. The van der Waals surface area contributed by atoms with Crippen LogP contribution < -0.4 is 19.7 Å². The molecule has 2 atom stereocenters. The van der Waals surface area contributed by atoms with E-state index in [9.17, 15) is 17.6 Å². The zero-order valence-corrected chi connectivity index (χ0v) is 19.5. The molecule has 1 aromatic carbocycles. The highest BCUT2D eigenvalue weighted by Crippen LogP contribution is 2.35. The number of ether oxygens (including phenoxy) is 1. The summed E-state index contributed by atoms with van der Waals surface area (Å²) in [5.41, 5.74) is 0.798. The fraction of sp³-hybridized carbons (Fsp3) is 0.381. The summed E-state index contributed by atoms with van der Waals surface area (Å²) in [4.78, 5) is 14.8. The number of aryl methyl sites for hydroxylation is 3. The highest BCUT2D eigenvalue weighted by Gasteiger charge is 2.42. The van der Waals surface area contributed by atoms with Crippen molar-refractivity contribution in [2.45, 2.75) is 24.8 Å². The molecule has 3 aromatic rings. The number of fused-ring (bicyclic) bond motifs is 2. The molecule has 11 nitrogen and oxygen atoms in total. The van der Waals surface area contributed by atoms with Gasteiger partial charge in [0.25, 0.3) is 5.91 Å². The number of nitrogens with zero attached hydrogens (tertiary/aromatic N) is 4. The van der Waals surface area contributed by atoms with Gasteiger partial charge in [0.1, 0.15) is 10.7 Å². The molecule has 1 saturated heterocycles. The summed E-state index contributed by atoms with van der Waals surface area (Å²) in [6.07, 6.45) is 1.34. The fourth-order valence-corrected chi connectivity index (χ4v) is 5.77. The van der Waals surface area contributed by atoms with Crippen LogP contribution in [-0.2, 0) is 17.1 Å². The van der Waals surface area contributed by atoms with Gasteiger partial charge in [-0.3, -0.25) is 4.79 Å². The molecule has 2 unspecified atom stereocenters. The number of rotatable bonds is 3. The van der Waals surface area contributed by atoms with Gasteiger partial charge in [0.2, 0.25) is 15.9 Å². The molecule has 1 fully saturated rings. The monoisotopic (exact) mass is 490 g/mol. The van der Waals surface area contributed by atoms with Crippen LogP contribution in [0, 0.1) is 25.6 Å². The van der Waals surface area contributed by atoms with Gasteiger partial charge < -0.3 is 23.9 Å². The Morgan fingerprint density at radius 1 is 1.26 bits per heavy atom. The summed E-state index contributed by atoms with van der Waals surface area (Å²) in [5, 5.41) is 10.5. The van der Waals surface area contributed by atoms with E-state index in [0.717, 1.165) is 0 Å². The van der Waals surface area contributed by atoms with Crippen LogP contribution in [0.1, 0.15) is 21.9 Å². The van der Waals surface area contributed by atoms with E-state index in [-0.39, 0.29) is 28.9 Å². The van der Waals surface area contributed by atoms with Crippen molar-refractivity contribution >= 4 is 27.6 Å². The molecule has 0 aliphatic carbocycles. The number of sulfonamides is 1. The molecule has 180 valence electrons. The van der Waals surface area contributed by atoms with Crippen molar-refractivity contribution in [3.8, 4) is 5.75 Å². The molecule has 0 saturated carbocycles. The first-order chi connectivity index (χ1) is 16.1. The van der Waals surface area contributed by atoms with Crippen molar-refractivity contribution in [3.63, 3.8) is 0 Å². The Bertz CT molecular complexity index is 1380. The van der Waals surface area contributed by atoms with Crippen LogP contribution in [0.15, 0.2) is 33.7 Å². The van der Waals surface area contributed by atoms with Gasteiger partial charge in [-0.1, -0.05) is 5.10 Å². The third-order valence-electron chi connectivity index (χ3n) is 6.00. The average molecular weight is 491 g/mol. The topological polar surface area (TPSA) is 132 Å². The van der Waals surface area contributed by atoms with Crippen molar-refractivity contribution in [3.05, 3.63) is 47.4 Å². The quantitative estimate of drug-likeness (QED) is 0.566. The second-order valence-corrected chi connectivity index (χ2v) is 10.2. The Hall–Kier alpha value is -3.45. The number of hydrogen-bond acceptors (Lipinski definition) is 8. The number of amides is 1. The van der Waals surface area contributed by atoms with Gasteiger partial charge in [0.15, 0.2) is 11.4 Å². The second kappa shape index (κ2) is 8.09. The predicted molar refractivity (Wildman–Crippen MR) is 119 cm³/mol. The molecule has 2 aliphatic heterocycles. The first kappa shape index (κ1) is 22.3. The van der Waals surface area contributed by atoms with E-state index in [4.69, 9.17) is 9.15 Å². The number of aromatic nitrogens is 3. The molecule has 4 heterocycles. The van der Waals surface area contributed by atoms with Crippen LogP contribution in [0.4, 0.5) is 16.1 Å². The summed E-state index contributed by atoms with van der Waals surface area (Å²) in [6.45, 7) is 4.21. The van der Waals surface area contributed by atoms with Gasteiger partial charge in [0, 0.05) is 50.9 Å². The molecule has 2 aliphatic rings. The van der Waals surface area contributed by atoms with Crippen LogP contribution in [0.2, 0.25) is 0 Å². The van der Waals surface area contributed by atoms with E-state index in [0.29, 0.717) is 36.2 Å². The van der Waals surface area contributed by atoms with Crippen molar-refractivity contribution < 1.29 is 26.8 Å². The SMILES string of the molecule is Cc1nnc(N2CC3COc4c(cn(C)c4C(=O)Nc4ccc(F)c(C)c4)S(=O)(=O)NC3C2)o1. The van der Waals surface area contributed by atoms with Crippen molar-refractivity contribution in [2.24, 2.45) is 13.0 Å². The number of carbonyl (C=O) groups is 1. The largest absolute Gasteiger partial charge is 0.489 e.